The van der Waals surface area contributed by atoms with E-state index >= 15 is 0 Å². The van der Waals surface area contributed by atoms with Gasteiger partial charge in [-0.05, 0) is 24.3 Å². The van der Waals surface area contributed by atoms with E-state index in [2.05, 4.69) is 5.32 Å². The third-order valence-electron chi connectivity index (χ3n) is 2.74. The van der Waals surface area contributed by atoms with Gasteiger partial charge in [0.25, 0.3) is 0 Å². The number of nitrogens with two attached hydrogens (primary N) is 1. The van der Waals surface area contributed by atoms with Gasteiger partial charge in [0, 0.05) is 23.9 Å². The minimum atomic E-state index is -0.681. The quantitative estimate of drug-likeness (QED) is 0.891. The lowest BCUT2D eigenvalue weighted by atomic mass is 10.1. The standard InChI is InChI=1S/C14H13F3N2/c15-9-2-1-3-11(6-9)19-14(8-18)12-5-4-10(16)7-13(12)17/h1-7,14,19H,8,18H2. The number of anilines is 1. The predicted octanol–water partition coefficient (Wildman–Crippen LogP) is 3.22. The maximum Gasteiger partial charge on any atom is 0.131 e. The molecule has 0 bridgehead atoms. The number of hydrogen-bond acceptors (Lipinski definition) is 2. The maximum absolute atomic E-state index is 13.7. The van der Waals surface area contributed by atoms with Gasteiger partial charge in [-0.2, -0.15) is 0 Å². The van der Waals surface area contributed by atoms with Gasteiger partial charge >= 0.3 is 0 Å². The molecule has 0 amide bonds. The number of rotatable bonds is 4. The Morgan fingerprint density at radius 3 is 2.37 bits per heavy atom. The summed E-state index contributed by atoms with van der Waals surface area (Å²) in [6.45, 7) is 0.0963. The zero-order valence-electron chi connectivity index (χ0n) is 10.0. The summed E-state index contributed by atoms with van der Waals surface area (Å²) in [5.74, 6) is -1.73. The molecule has 19 heavy (non-hydrogen) atoms. The van der Waals surface area contributed by atoms with Crippen LogP contribution in [0.15, 0.2) is 42.5 Å². The van der Waals surface area contributed by atoms with Crippen molar-refractivity contribution in [3.63, 3.8) is 0 Å². The Morgan fingerprint density at radius 2 is 1.74 bits per heavy atom. The van der Waals surface area contributed by atoms with Crippen molar-refractivity contribution in [1.82, 2.24) is 0 Å². The largest absolute Gasteiger partial charge is 0.377 e. The first kappa shape index (κ1) is 13.4. The van der Waals surface area contributed by atoms with Crippen LogP contribution >= 0.6 is 0 Å². The first-order valence-corrected chi connectivity index (χ1v) is 5.77. The van der Waals surface area contributed by atoms with Crippen LogP contribution in [-0.2, 0) is 0 Å². The van der Waals surface area contributed by atoms with Crippen molar-refractivity contribution in [2.45, 2.75) is 6.04 Å². The molecule has 2 rings (SSSR count). The fraction of sp³-hybridized carbons (Fsp3) is 0.143. The van der Waals surface area contributed by atoms with Crippen LogP contribution in [0.3, 0.4) is 0 Å². The van der Waals surface area contributed by atoms with Gasteiger partial charge in [-0.3, -0.25) is 0 Å². The van der Waals surface area contributed by atoms with Crippen molar-refractivity contribution in [1.29, 1.82) is 0 Å². The summed E-state index contributed by atoms with van der Waals surface area (Å²) in [4.78, 5) is 0. The highest BCUT2D eigenvalue weighted by Gasteiger charge is 2.15. The highest BCUT2D eigenvalue weighted by molar-refractivity contribution is 5.46. The van der Waals surface area contributed by atoms with Crippen molar-refractivity contribution in [2.75, 3.05) is 11.9 Å². The molecule has 0 aliphatic rings. The van der Waals surface area contributed by atoms with E-state index in [9.17, 15) is 13.2 Å². The second-order valence-corrected chi connectivity index (χ2v) is 4.11. The second-order valence-electron chi connectivity index (χ2n) is 4.11. The van der Waals surface area contributed by atoms with E-state index in [1.165, 1.54) is 24.3 Å². The first-order chi connectivity index (χ1) is 9.10. The van der Waals surface area contributed by atoms with Gasteiger partial charge in [0.2, 0.25) is 0 Å². The van der Waals surface area contributed by atoms with Gasteiger partial charge in [-0.25, -0.2) is 13.2 Å². The van der Waals surface area contributed by atoms with Gasteiger partial charge in [0.05, 0.1) is 6.04 Å². The summed E-state index contributed by atoms with van der Waals surface area (Å²) < 4.78 is 39.6. The van der Waals surface area contributed by atoms with E-state index < -0.39 is 23.5 Å². The van der Waals surface area contributed by atoms with E-state index in [1.807, 2.05) is 0 Å². The molecule has 0 radical (unpaired) electrons. The number of nitrogens with one attached hydrogen (secondary N) is 1. The van der Waals surface area contributed by atoms with Crippen LogP contribution in [-0.4, -0.2) is 6.54 Å². The topological polar surface area (TPSA) is 38.0 Å². The zero-order chi connectivity index (χ0) is 13.8. The van der Waals surface area contributed by atoms with Crippen LogP contribution in [0.25, 0.3) is 0 Å². The van der Waals surface area contributed by atoms with Crippen LogP contribution in [0.1, 0.15) is 11.6 Å². The third kappa shape index (κ3) is 3.26. The summed E-state index contributed by atoms with van der Waals surface area (Å²) >= 11 is 0. The highest BCUT2D eigenvalue weighted by Crippen LogP contribution is 2.22. The van der Waals surface area contributed by atoms with E-state index in [4.69, 9.17) is 5.73 Å². The van der Waals surface area contributed by atoms with Crippen molar-refractivity contribution < 1.29 is 13.2 Å². The normalized spacial score (nSPS) is 12.2. The Bertz CT molecular complexity index is 572. The summed E-state index contributed by atoms with van der Waals surface area (Å²) in [6, 6.07) is 8.50. The molecular weight excluding hydrogens is 253 g/mol. The summed E-state index contributed by atoms with van der Waals surface area (Å²) in [5.41, 5.74) is 6.31. The molecular formula is C14H13F3N2. The summed E-state index contributed by atoms with van der Waals surface area (Å²) in [5, 5.41) is 2.92. The van der Waals surface area contributed by atoms with Crippen LogP contribution in [0.5, 0.6) is 0 Å². The molecule has 0 heterocycles. The van der Waals surface area contributed by atoms with Gasteiger partial charge in [-0.1, -0.05) is 12.1 Å². The molecule has 0 aliphatic carbocycles. The summed E-state index contributed by atoms with van der Waals surface area (Å²) in [7, 11) is 0. The Hall–Kier alpha value is -2.01. The minimum Gasteiger partial charge on any atom is -0.377 e. The zero-order valence-corrected chi connectivity index (χ0v) is 10.0. The SMILES string of the molecule is NCC(Nc1cccc(F)c1)c1ccc(F)cc1F. The van der Waals surface area contributed by atoms with Gasteiger partial charge in [-0.15, -0.1) is 0 Å². The molecule has 3 N–H and O–H groups in total. The van der Waals surface area contributed by atoms with E-state index in [0.29, 0.717) is 5.69 Å². The molecule has 0 saturated carbocycles. The molecule has 100 valence electrons. The monoisotopic (exact) mass is 266 g/mol. The van der Waals surface area contributed by atoms with Crippen LogP contribution < -0.4 is 11.1 Å². The van der Waals surface area contributed by atoms with Crippen LogP contribution in [0, 0.1) is 17.5 Å². The van der Waals surface area contributed by atoms with Crippen molar-refractivity contribution in [3.8, 4) is 0 Å². The fourth-order valence-electron chi connectivity index (χ4n) is 1.83. The average Bonchev–Trinajstić information content (AvgIpc) is 2.37. The lowest BCUT2D eigenvalue weighted by Gasteiger charge is -2.19. The average molecular weight is 266 g/mol. The number of halogens is 3. The van der Waals surface area contributed by atoms with E-state index in [1.54, 1.807) is 6.07 Å². The van der Waals surface area contributed by atoms with E-state index in [0.717, 1.165) is 12.1 Å². The molecule has 0 fully saturated rings. The molecule has 1 unspecified atom stereocenters. The van der Waals surface area contributed by atoms with Gasteiger partial charge < -0.3 is 11.1 Å². The number of hydrogen-bond donors (Lipinski definition) is 2. The Kier molecular flexibility index (Phi) is 4.06. The number of benzene rings is 2. The molecule has 5 heteroatoms. The van der Waals surface area contributed by atoms with Crippen molar-refractivity contribution in [2.24, 2.45) is 5.73 Å². The molecule has 0 aliphatic heterocycles. The van der Waals surface area contributed by atoms with Crippen molar-refractivity contribution >= 4 is 5.69 Å². The van der Waals surface area contributed by atoms with Crippen LogP contribution in [0.2, 0.25) is 0 Å². The fourth-order valence-corrected chi connectivity index (χ4v) is 1.83. The van der Waals surface area contributed by atoms with Crippen molar-refractivity contribution in [3.05, 3.63) is 65.5 Å². The highest BCUT2D eigenvalue weighted by atomic mass is 19.1. The lowest BCUT2D eigenvalue weighted by Crippen LogP contribution is -2.21. The Morgan fingerprint density at radius 1 is 1.00 bits per heavy atom. The predicted molar refractivity (Wildman–Crippen MR) is 68.2 cm³/mol. The lowest BCUT2D eigenvalue weighted by molar-refractivity contribution is 0.562. The maximum atomic E-state index is 13.7. The molecule has 0 spiro atoms. The molecule has 2 aromatic carbocycles. The van der Waals surface area contributed by atoms with Gasteiger partial charge in [0.15, 0.2) is 0 Å². The first-order valence-electron chi connectivity index (χ1n) is 5.77. The van der Waals surface area contributed by atoms with Gasteiger partial charge in [0.1, 0.15) is 17.5 Å². The molecule has 2 nitrogen and oxygen atoms in total. The molecule has 1 atom stereocenters. The molecule has 2 aromatic rings. The smallest absolute Gasteiger partial charge is 0.131 e. The van der Waals surface area contributed by atoms with Crippen LogP contribution in [0.4, 0.5) is 18.9 Å². The Balaban J connectivity index is 2.25. The third-order valence-corrected chi connectivity index (χ3v) is 2.74. The Labute approximate surface area is 109 Å². The summed E-state index contributed by atoms with van der Waals surface area (Å²) in [6.07, 6.45) is 0. The molecule has 0 aromatic heterocycles. The second kappa shape index (κ2) is 5.75. The van der Waals surface area contributed by atoms with E-state index in [-0.39, 0.29) is 12.1 Å². The molecule has 0 saturated heterocycles. The minimum absolute atomic E-state index is 0.0963.